The molecule has 0 bridgehead atoms. The van der Waals surface area contributed by atoms with Crippen LogP contribution in [-0.2, 0) is 0 Å². The largest absolute Gasteiger partial charge is 0.350 e. The van der Waals surface area contributed by atoms with Crippen LogP contribution in [0.1, 0.15) is 54.7 Å². The zero-order valence-corrected chi connectivity index (χ0v) is 13.9. The Kier molecular flexibility index (Phi) is 5.73. The summed E-state index contributed by atoms with van der Waals surface area (Å²) in [4.78, 5) is 28.9. The van der Waals surface area contributed by atoms with Gasteiger partial charge in [-0.05, 0) is 24.5 Å². The van der Waals surface area contributed by atoms with Crippen LogP contribution in [0, 0.1) is 5.92 Å². The molecule has 0 aliphatic rings. The van der Waals surface area contributed by atoms with Gasteiger partial charge in [-0.3, -0.25) is 14.0 Å². The minimum atomic E-state index is -0.262. The first-order chi connectivity index (χ1) is 11.0. The van der Waals surface area contributed by atoms with Crippen LogP contribution < -0.4 is 10.6 Å². The summed E-state index contributed by atoms with van der Waals surface area (Å²) in [6, 6.07) is 5.43. The maximum absolute atomic E-state index is 12.3. The van der Waals surface area contributed by atoms with Crippen LogP contribution in [-0.4, -0.2) is 34.3 Å². The molecule has 0 radical (unpaired) electrons. The molecule has 0 aliphatic carbocycles. The summed E-state index contributed by atoms with van der Waals surface area (Å²) in [7, 11) is 0. The highest BCUT2D eigenvalue weighted by Crippen LogP contribution is 2.13. The van der Waals surface area contributed by atoms with Gasteiger partial charge in [0.15, 0.2) is 5.69 Å². The normalized spacial score (nSPS) is 11.0. The minimum Gasteiger partial charge on any atom is -0.350 e. The van der Waals surface area contributed by atoms with Gasteiger partial charge in [-0.2, -0.15) is 0 Å². The topological polar surface area (TPSA) is 75.5 Å². The first kappa shape index (κ1) is 17.0. The van der Waals surface area contributed by atoms with Crippen LogP contribution in [0.5, 0.6) is 0 Å². The summed E-state index contributed by atoms with van der Waals surface area (Å²) >= 11 is 0. The van der Waals surface area contributed by atoms with Crippen LogP contribution in [0.25, 0.3) is 5.52 Å². The van der Waals surface area contributed by atoms with Gasteiger partial charge in [-0.25, -0.2) is 4.98 Å². The van der Waals surface area contributed by atoms with E-state index in [2.05, 4.69) is 22.5 Å². The van der Waals surface area contributed by atoms with Gasteiger partial charge in [-0.15, -0.1) is 0 Å². The molecule has 0 aliphatic heterocycles. The van der Waals surface area contributed by atoms with Gasteiger partial charge in [-0.1, -0.05) is 33.3 Å². The van der Waals surface area contributed by atoms with E-state index in [9.17, 15) is 9.59 Å². The van der Waals surface area contributed by atoms with Crippen LogP contribution in [0.2, 0.25) is 0 Å². The second-order valence-electron chi connectivity index (χ2n) is 5.95. The van der Waals surface area contributed by atoms with Gasteiger partial charge in [0, 0.05) is 19.3 Å². The molecule has 0 saturated heterocycles. The molecule has 2 heterocycles. The Balaban J connectivity index is 2.28. The van der Waals surface area contributed by atoms with Crippen molar-refractivity contribution in [3.63, 3.8) is 0 Å². The highest BCUT2D eigenvalue weighted by Gasteiger charge is 2.21. The molecule has 0 fully saturated rings. The summed E-state index contributed by atoms with van der Waals surface area (Å²) in [6.45, 7) is 7.29. The standard InChI is InChI=1S/C17H24N4O2/c1-4-5-9-18-17(23)15-20-14(16(22)19-11-12(2)3)13-8-6-7-10-21(13)15/h6-8,10,12H,4-5,9,11H2,1-3H3,(H,18,23)(H,19,22). The van der Waals surface area contributed by atoms with Gasteiger partial charge in [0.1, 0.15) is 0 Å². The van der Waals surface area contributed by atoms with Gasteiger partial charge < -0.3 is 10.6 Å². The summed E-state index contributed by atoms with van der Waals surface area (Å²) in [5.41, 5.74) is 0.918. The summed E-state index contributed by atoms with van der Waals surface area (Å²) in [5, 5.41) is 5.69. The fourth-order valence-corrected chi connectivity index (χ4v) is 2.20. The van der Waals surface area contributed by atoms with E-state index in [1.807, 2.05) is 26.0 Å². The van der Waals surface area contributed by atoms with Crippen molar-refractivity contribution in [3.05, 3.63) is 35.9 Å². The molecule has 0 unspecified atom stereocenters. The highest BCUT2D eigenvalue weighted by atomic mass is 16.2. The van der Waals surface area contributed by atoms with E-state index in [4.69, 9.17) is 0 Å². The fraction of sp³-hybridized carbons (Fsp3) is 0.471. The molecule has 0 atom stereocenters. The Bertz CT molecular complexity index is 691. The van der Waals surface area contributed by atoms with Gasteiger partial charge in [0.2, 0.25) is 5.82 Å². The second kappa shape index (κ2) is 7.76. The number of amides is 2. The maximum atomic E-state index is 12.3. The summed E-state index contributed by atoms with van der Waals surface area (Å²) < 4.78 is 1.66. The number of nitrogens with one attached hydrogen (secondary N) is 2. The molecule has 0 spiro atoms. The van der Waals surface area contributed by atoms with E-state index < -0.39 is 0 Å². The van der Waals surface area contributed by atoms with E-state index in [0.29, 0.717) is 24.5 Å². The Morgan fingerprint density at radius 3 is 2.70 bits per heavy atom. The van der Waals surface area contributed by atoms with Crippen molar-refractivity contribution in [2.75, 3.05) is 13.1 Å². The summed E-state index contributed by atoms with van der Waals surface area (Å²) in [6.07, 6.45) is 3.67. The smallest absolute Gasteiger partial charge is 0.287 e. The molecule has 2 N–H and O–H groups in total. The Hall–Kier alpha value is -2.37. The molecular weight excluding hydrogens is 292 g/mol. The minimum absolute atomic E-state index is 0.242. The second-order valence-corrected chi connectivity index (χ2v) is 5.95. The fourth-order valence-electron chi connectivity index (χ4n) is 2.20. The van der Waals surface area contributed by atoms with E-state index in [0.717, 1.165) is 12.8 Å². The number of rotatable bonds is 7. The van der Waals surface area contributed by atoms with Gasteiger partial charge >= 0.3 is 0 Å². The first-order valence-electron chi connectivity index (χ1n) is 8.08. The number of hydrogen-bond acceptors (Lipinski definition) is 3. The molecule has 2 aromatic heterocycles. The van der Waals surface area contributed by atoms with Crippen molar-refractivity contribution >= 4 is 17.3 Å². The molecule has 0 saturated carbocycles. The number of pyridine rings is 1. The summed E-state index contributed by atoms with van der Waals surface area (Å²) in [5.74, 6) is 0.0774. The number of carbonyl (C=O) groups excluding carboxylic acids is 2. The van der Waals surface area contributed by atoms with Gasteiger partial charge in [0.25, 0.3) is 11.8 Å². The SMILES string of the molecule is CCCCNC(=O)c1nc(C(=O)NCC(C)C)c2ccccn12. The van der Waals surface area contributed by atoms with Crippen LogP contribution in [0.15, 0.2) is 24.4 Å². The number of fused-ring (bicyclic) bond motifs is 1. The lowest BCUT2D eigenvalue weighted by Crippen LogP contribution is -2.28. The molecule has 6 nitrogen and oxygen atoms in total. The molecule has 2 rings (SSSR count). The number of hydrogen-bond donors (Lipinski definition) is 2. The molecule has 2 aromatic rings. The molecule has 2 amide bonds. The molecule has 23 heavy (non-hydrogen) atoms. The Morgan fingerprint density at radius 2 is 2.00 bits per heavy atom. The molecular formula is C17H24N4O2. The van der Waals surface area contributed by atoms with Crippen molar-refractivity contribution in [3.8, 4) is 0 Å². The maximum Gasteiger partial charge on any atom is 0.287 e. The van der Waals surface area contributed by atoms with Crippen molar-refractivity contribution in [2.45, 2.75) is 33.6 Å². The zero-order valence-electron chi connectivity index (χ0n) is 13.9. The monoisotopic (exact) mass is 316 g/mol. The van der Waals surface area contributed by atoms with Crippen molar-refractivity contribution in [1.29, 1.82) is 0 Å². The lowest BCUT2D eigenvalue weighted by atomic mass is 10.2. The average molecular weight is 316 g/mol. The zero-order chi connectivity index (χ0) is 16.8. The van der Waals surface area contributed by atoms with Crippen LogP contribution in [0.3, 0.4) is 0 Å². The highest BCUT2D eigenvalue weighted by molar-refractivity contribution is 6.02. The predicted molar refractivity (Wildman–Crippen MR) is 89.6 cm³/mol. The molecule has 6 heteroatoms. The third kappa shape index (κ3) is 4.09. The number of nitrogens with zero attached hydrogens (tertiary/aromatic N) is 2. The third-order valence-corrected chi connectivity index (χ3v) is 3.45. The van der Waals surface area contributed by atoms with E-state index >= 15 is 0 Å². The lowest BCUT2D eigenvalue weighted by Gasteiger charge is -2.05. The van der Waals surface area contributed by atoms with Crippen LogP contribution >= 0.6 is 0 Å². The van der Waals surface area contributed by atoms with Crippen LogP contribution in [0.4, 0.5) is 0 Å². The molecule has 124 valence electrons. The lowest BCUT2D eigenvalue weighted by molar-refractivity contribution is 0.0942. The number of imidazole rings is 1. The van der Waals surface area contributed by atoms with Crippen molar-refractivity contribution in [2.24, 2.45) is 5.92 Å². The third-order valence-electron chi connectivity index (χ3n) is 3.45. The number of carbonyl (C=O) groups is 2. The van der Waals surface area contributed by atoms with Crippen molar-refractivity contribution in [1.82, 2.24) is 20.0 Å². The van der Waals surface area contributed by atoms with E-state index in [1.54, 1.807) is 16.7 Å². The first-order valence-corrected chi connectivity index (χ1v) is 8.08. The molecule has 0 aromatic carbocycles. The quantitative estimate of drug-likeness (QED) is 0.769. The van der Waals surface area contributed by atoms with Gasteiger partial charge in [0.05, 0.1) is 5.52 Å². The van der Waals surface area contributed by atoms with E-state index in [1.165, 1.54) is 0 Å². The predicted octanol–water partition coefficient (Wildman–Crippen LogP) is 2.25. The average Bonchev–Trinajstić information content (AvgIpc) is 2.92. The van der Waals surface area contributed by atoms with Crippen molar-refractivity contribution < 1.29 is 9.59 Å². The Morgan fingerprint density at radius 1 is 1.22 bits per heavy atom. The Labute approximate surface area is 136 Å². The number of aromatic nitrogens is 2. The number of unbranched alkanes of at least 4 members (excludes halogenated alkanes) is 1. The van der Waals surface area contributed by atoms with E-state index in [-0.39, 0.29) is 23.3 Å².